The van der Waals surface area contributed by atoms with Gasteiger partial charge in [-0.05, 0) is 25.5 Å². The third-order valence-corrected chi connectivity index (χ3v) is 3.82. The molecule has 0 aromatic carbocycles. The van der Waals surface area contributed by atoms with Crippen molar-refractivity contribution in [3.63, 3.8) is 0 Å². The van der Waals surface area contributed by atoms with Crippen LogP contribution in [0.3, 0.4) is 0 Å². The Bertz CT molecular complexity index is 543. The maximum absolute atomic E-state index is 4.66. The molecule has 0 saturated heterocycles. The minimum Gasteiger partial charge on any atom is -0.373 e. The van der Waals surface area contributed by atoms with Crippen molar-refractivity contribution in [2.75, 3.05) is 12.4 Å². The van der Waals surface area contributed by atoms with Crippen LogP contribution < -0.4 is 5.32 Å². The van der Waals surface area contributed by atoms with Crippen LogP contribution in [0.1, 0.15) is 24.7 Å². The molecule has 0 spiro atoms. The van der Waals surface area contributed by atoms with Crippen LogP contribution in [-0.2, 0) is 6.42 Å². The molecule has 0 radical (unpaired) electrons. The topological polar surface area (TPSA) is 50.7 Å². The van der Waals surface area contributed by atoms with Gasteiger partial charge in [-0.3, -0.25) is 4.98 Å². The van der Waals surface area contributed by atoms with Crippen LogP contribution in [0, 0.1) is 6.92 Å². The molecule has 0 saturated carbocycles. The van der Waals surface area contributed by atoms with Crippen molar-refractivity contribution < 1.29 is 0 Å². The van der Waals surface area contributed by atoms with Gasteiger partial charge < -0.3 is 5.32 Å². The summed E-state index contributed by atoms with van der Waals surface area (Å²) in [6.45, 7) is 4.18. The summed E-state index contributed by atoms with van der Waals surface area (Å²) in [7, 11) is 1.89. The Morgan fingerprint density at radius 3 is 2.58 bits per heavy atom. The standard InChI is InChI=1S/C14H18N4S/c1-4-5-12-17-13(15-3)10(2)14(18-12)19-11-6-8-16-9-7-11/h6-9H,4-5H2,1-3H3,(H,15,17,18). The number of aryl methyl sites for hydroxylation is 1. The number of nitrogens with zero attached hydrogens (tertiary/aromatic N) is 3. The van der Waals surface area contributed by atoms with Crippen molar-refractivity contribution in [2.24, 2.45) is 0 Å². The number of hydrogen-bond donors (Lipinski definition) is 1. The highest BCUT2D eigenvalue weighted by Crippen LogP contribution is 2.30. The lowest BCUT2D eigenvalue weighted by Gasteiger charge is -2.11. The van der Waals surface area contributed by atoms with Crippen LogP contribution in [0.25, 0.3) is 0 Å². The first-order valence-electron chi connectivity index (χ1n) is 6.37. The van der Waals surface area contributed by atoms with Gasteiger partial charge in [-0.25, -0.2) is 9.97 Å². The molecule has 4 nitrogen and oxygen atoms in total. The minimum atomic E-state index is 0.897. The lowest BCUT2D eigenvalue weighted by Crippen LogP contribution is -2.04. The maximum Gasteiger partial charge on any atom is 0.133 e. The molecule has 5 heteroatoms. The molecular formula is C14H18N4S. The molecule has 0 fully saturated rings. The molecule has 0 aliphatic carbocycles. The normalized spacial score (nSPS) is 10.5. The lowest BCUT2D eigenvalue weighted by atomic mass is 10.3. The van der Waals surface area contributed by atoms with E-state index in [1.807, 2.05) is 26.1 Å². The van der Waals surface area contributed by atoms with Crippen molar-refractivity contribution >= 4 is 17.6 Å². The summed E-state index contributed by atoms with van der Waals surface area (Å²) in [5.41, 5.74) is 1.09. The van der Waals surface area contributed by atoms with Gasteiger partial charge in [0.25, 0.3) is 0 Å². The second-order valence-corrected chi connectivity index (χ2v) is 5.27. The average Bonchev–Trinajstić information content (AvgIpc) is 2.43. The third-order valence-electron chi connectivity index (χ3n) is 2.72. The van der Waals surface area contributed by atoms with Gasteiger partial charge in [-0.15, -0.1) is 0 Å². The molecule has 0 amide bonds. The summed E-state index contributed by atoms with van der Waals surface area (Å²) in [5.74, 6) is 1.81. The highest BCUT2D eigenvalue weighted by atomic mass is 32.2. The Balaban J connectivity index is 2.35. The Morgan fingerprint density at radius 1 is 1.21 bits per heavy atom. The molecule has 2 rings (SSSR count). The van der Waals surface area contributed by atoms with E-state index >= 15 is 0 Å². The van der Waals surface area contributed by atoms with Gasteiger partial charge in [0, 0.05) is 36.3 Å². The fourth-order valence-corrected chi connectivity index (χ4v) is 2.62. The van der Waals surface area contributed by atoms with Gasteiger partial charge in [0.2, 0.25) is 0 Å². The van der Waals surface area contributed by atoms with Gasteiger partial charge in [0.05, 0.1) is 0 Å². The average molecular weight is 274 g/mol. The second-order valence-electron chi connectivity index (χ2n) is 4.20. The fourth-order valence-electron chi connectivity index (χ4n) is 1.74. The summed E-state index contributed by atoms with van der Waals surface area (Å²) < 4.78 is 0. The smallest absolute Gasteiger partial charge is 0.133 e. The van der Waals surface area contributed by atoms with Crippen LogP contribution in [0.15, 0.2) is 34.4 Å². The summed E-state index contributed by atoms with van der Waals surface area (Å²) >= 11 is 1.65. The van der Waals surface area contributed by atoms with Crippen molar-refractivity contribution in [3.05, 3.63) is 35.9 Å². The first-order valence-corrected chi connectivity index (χ1v) is 7.19. The first kappa shape index (κ1) is 13.8. The van der Waals surface area contributed by atoms with Gasteiger partial charge >= 0.3 is 0 Å². The molecule has 0 atom stereocenters. The van der Waals surface area contributed by atoms with Gasteiger partial charge in [0.1, 0.15) is 16.7 Å². The zero-order chi connectivity index (χ0) is 13.7. The number of nitrogens with one attached hydrogen (secondary N) is 1. The Labute approximate surface area is 118 Å². The zero-order valence-corrected chi connectivity index (χ0v) is 12.3. The molecule has 0 unspecified atom stereocenters. The summed E-state index contributed by atoms with van der Waals surface area (Å²) in [4.78, 5) is 14.4. The predicted octanol–water partition coefficient (Wildman–Crippen LogP) is 3.33. The molecule has 100 valence electrons. The van der Waals surface area contributed by atoms with Crippen LogP contribution in [0.2, 0.25) is 0 Å². The van der Waals surface area contributed by atoms with E-state index in [1.165, 1.54) is 0 Å². The predicted molar refractivity (Wildman–Crippen MR) is 78.7 cm³/mol. The SMILES string of the molecule is CCCc1nc(NC)c(C)c(Sc2ccncc2)n1. The molecule has 2 aromatic heterocycles. The van der Waals surface area contributed by atoms with Crippen molar-refractivity contribution in [3.8, 4) is 0 Å². The third kappa shape index (κ3) is 3.44. The summed E-state index contributed by atoms with van der Waals surface area (Å²) in [6, 6.07) is 3.98. The van der Waals surface area contributed by atoms with Crippen LogP contribution >= 0.6 is 11.8 Å². The molecule has 0 aliphatic rings. The minimum absolute atomic E-state index is 0.897. The molecule has 2 aromatic rings. The van der Waals surface area contributed by atoms with Crippen molar-refractivity contribution in [1.29, 1.82) is 0 Å². The van der Waals surface area contributed by atoms with E-state index in [1.54, 1.807) is 24.2 Å². The maximum atomic E-state index is 4.66. The van der Waals surface area contributed by atoms with Crippen LogP contribution in [0.4, 0.5) is 5.82 Å². The fraction of sp³-hybridized carbons (Fsp3) is 0.357. The summed E-state index contributed by atoms with van der Waals surface area (Å²) in [6.07, 6.45) is 5.54. The highest BCUT2D eigenvalue weighted by molar-refractivity contribution is 7.99. The molecule has 0 bridgehead atoms. The number of anilines is 1. The second kappa shape index (κ2) is 6.52. The van der Waals surface area contributed by atoms with E-state index in [0.29, 0.717) is 0 Å². The Hall–Kier alpha value is -1.62. The quantitative estimate of drug-likeness (QED) is 0.848. The van der Waals surface area contributed by atoms with Crippen molar-refractivity contribution in [1.82, 2.24) is 15.0 Å². The van der Waals surface area contributed by atoms with E-state index in [4.69, 9.17) is 0 Å². The number of pyridine rings is 1. The number of aromatic nitrogens is 3. The van der Waals surface area contributed by atoms with Crippen molar-refractivity contribution in [2.45, 2.75) is 36.6 Å². The highest BCUT2D eigenvalue weighted by Gasteiger charge is 2.11. The molecular weight excluding hydrogens is 256 g/mol. The van der Waals surface area contributed by atoms with Crippen LogP contribution in [-0.4, -0.2) is 22.0 Å². The van der Waals surface area contributed by atoms with E-state index < -0.39 is 0 Å². The number of rotatable bonds is 5. The van der Waals surface area contributed by atoms with E-state index in [0.717, 1.165) is 40.0 Å². The monoisotopic (exact) mass is 274 g/mol. The van der Waals surface area contributed by atoms with Gasteiger partial charge in [0.15, 0.2) is 0 Å². The molecule has 1 N–H and O–H groups in total. The van der Waals surface area contributed by atoms with E-state index in [2.05, 4.69) is 27.2 Å². The molecule has 19 heavy (non-hydrogen) atoms. The molecule has 2 heterocycles. The van der Waals surface area contributed by atoms with Gasteiger partial charge in [-0.1, -0.05) is 18.7 Å². The summed E-state index contributed by atoms with van der Waals surface area (Å²) in [5, 5.41) is 4.15. The number of hydrogen-bond acceptors (Lipinski definition) is 5. The van der Waals surface area contributed by atoms with Crippen LogP contribution in [0.5, 0.6) is 0 Å². The van der Waals surface area contributed by atoms with Gasteiger partial charge in [-0.2, -0.15) is 0 Å². The molecule has 0 aliphatic heterocycles. The Morgan fingerprint density at radius 2 is 1.95 bits per heavy atom. The van der Waals surface area contributed by atoms with E-state index in [9.17, 15) is 0 Å². The Kier molecular flexibility index (Phi) is 4.74. The lowest BCUT2D eigenvalue weighted by molar-refractivity contribution is 0.804. The first-order chi connectivity index (χ1) is 9.24. The largest absolute Gasteiger partial charge is 0.373 e. The van der Waals surface area contributed by atoms with E-state index in [-0.39, 0.29) is 0 Å². The zero-order valence-electron chi connectivity index (χ0n) is 11.5.